The molecule has 1 aliphatic heterocycles. The molecule has 0 bridgehead atoms. The second-order valence-corrected chi connectivity index (χ2v) is 11.2. The highest BCUT2D eigenvalue weighted by Gasteiger charge is 2.41. The molecule has 2 nitrogen and oxygen atoms in total. The van der Waals surface area contributed by atoms with E-state index in [9.17, 15) is 4.79 Å². The monoisotopic (exact) mass is 238 g/mol. The average Bonchev–Trinajstić information content (AvgIpc) is 2.16. The molecule has 1 heterocycles. The summed E-state index contributed by atoms with van der Waals surface area (Å²) in [6.45, 7) is 6.62. The summed E-state index contributed by atoms with van der Waals surface area (Å²) in [5, 5.41) is 0.990. The van der Waals surface area contributed by atoms with E-state index in [0.29, 0.717) is 0 Å². The zero-order valence-corrected chi connectivity index (χ0v) is 11.6. The molecule has 0 amide bonds. The van der Waals surface area contributed by atoms with Gasteiger partial charge in [0.05, 0.1) is 8.07 Å². The van der Waals surface area contributed by atoms with Gasteiger partial charge in [-0.05, 0) is 25.7 Å². The Balaban J connectivity index is 2.17. The fourth-order valence-corrected chi connectivity index (χ4v) is 4.16. The van der Waals surface area contributed by atoms with Crippen molar-refractivity contribution in [1.29, 1.82) is 0 Å². The van der Waals surface area contributed by atoms with Crippen molar-refractivity contribution in [2.45, 2.75) is 63.8 Å². The molecule has 0 saturated heterocycles. The van der Waals surface area contributed by atoms with Gasteiger partial charge in [-0.25, -0.2) is 4.79 Å². The largest absolute Gasteiger partial charge is 0.456 e. The van der Waals surface area contributed by atoms with Crippen molar-refractivity contribution in [1.82, 2.24) is 0 Å². The van der Waals surface area contributed by atoms with Crippen LogP contribution in [-0.2, 0) is 9.53 Å². The third kappa shape index (κ3) is 2.24. The Labute approximate surface area is 99.1 Å². The molecule has 1 aliphatic carbocycles. The summed E-state index contributed by atoms with van der Waals surface area (Å²) in [6, 6.07) is 0. The van der Waals surface area contributed by atoms with Gasteiger partial charge < -0.3 is 4.74 Å². The molecule has 0 aromatic heterocycles. The van der Waals surface area contributed by atoms with Gasteiger partial charge in [-0.2, -0.15) is 0 Å². The molecule has 0 aromatic carbocycles. The van der Waals surface area contributed by atoms with E-state index in [1.807, 2.05) is 0 Å². The number of esters is 1. The smallest absolute Gasteiger partial charge is 0.330 e. The van der Waals surface area contributed by atoms with Gasteiger partial charge in [0, 0.05) is 11.6 Å². The van der Waals surface area contributed by atoms with E-state index in [1.165, 1.54) is 19.3 Å². The summed E-state index contributed by atoms with van der Waals surface area (Å²) in [5.74, 6) is -0.0210. The Morgan fingerprint density at radius 3 is 2.31 bits per heavy atom. The van der Waals surface area contributed by atoms with Crippen LogP contribution < -0.4 is 0 Å². The second-order valence-electron chi connectivity index (χ2n) is 6.21. The first-order valence-electron chi connectivity index (χ1n) is 6.37. The van der Waals surface area contributed by atoms with Crippen LogP contribution in [0.5, 0.6) is 0 Å². The number of ether oxygens (including phenoxy) is 1. The van der Waals surface area contributed by atoms with Crippen molar-refractivity contribution in [3.8, 4) is 0 Å². The summed E-state index contributed by atoms with van der Waals surface area (Å²) in [6.07, 6.45) is 8.99. The van der Waals surface area contributed by atoms with E-state index in [0.717, 1.165) is 24.5 Å². The minimum atomic E-state index is -1.51. The molecule has 90 valence electrons. The van der Waals surface area contributed by atoms with E-state index >= 15 is 0 Å². The second kappa shape index (κ2) is 4.02. The van der Waals surface area contributed by atoms with Gasteiger partial charge in [-0.15, -0.1) is 0 Å². The predicted octanol–water partition coefficient (Wildman–Crippen LogP) is 3.44. The van der Waals surface area contributed by atoms with Crippen LogP contribution >= 0.6 is 0 Å². The van der Waals surface area contributed by atoms with Crippen LogP contribution in [0.1, 0.15) is 38.5 Å². The topological polar surface area (TPSA) is 26.3 Å². The van der Waals surface area contributed by atoms with Crippen LogP contribution in [-0.4, -0.2) is 19.6 Å². The van der Waals surface area contributed by atoms with Crippen molar-refractivity contribution in [2.24, 2.45) is 0 Å². The zero-order valence-electron chi connectivity index (χ0n) is 10.6. The summed E-state index contributed by atoms with van der Waals surface area (Å²) >= 11 is 0. The highest BCUT2D eigenvalue weighted by Crippen LogP contribution is 2.39. The fraction of sp³-hybridized carbons (Fsp3) is 0.769. The Hall–Kier alpha value is -0.573. The third-order valence-electron chi connectivity index (χ3n) is 3.78. The van der Waals surface area contributed by atoms with Gasteiger partial charge >= 0.3 is 5.97 Å². The molecule has 0 atom stereocenters. The van der Waals surface area contributed by atoms with Crippen LogP contribution in [0.2, 0.25) is 19.6 Å². The molecule has 0 N–H and O–H groups in total. The summed E-state index contributed by atoms with van der Waals surface area (Å²) in [7, 11) is -1.51. The molecule has 2 aliphatic rings. The van der Waals surface area contributed by atoms with Crippen molar-refractivity contribution >= 4 is 14.0 Å². The van der Waals surface area contributed by atoms with E-state index in [4.69, 9.17) is 4.74 Å². The molecule has 3 heteroatoms. The quantitative estimate of drug-likeness (QED) is 0.517. The van der Waals surface area contributed by atoms with Crippen LogP contribution in [0, 0.1) is 0 Å². The Morgan fingerprint density at radius 2 is 1.81 bits per heavy atom. The van der Waals surface area contributed by atoms with Crippen LogP contribution in [0.4, 0.5) is 0 Å². The SMILES string of the molecule is C[Si](C)(C)C1=CCC2(CCCCC2)OC1=O. The van der Waals surface area contributed by atoms with Crippen LogP contribution in [0.25, 0.3) is 0 Å². The van der Waals surface area contributed by atoms with E-state index < -0.39 is 8.07 Å². The fourth-order valence-electron chi connectivity index (χ4n) is 2.78. The number of hydrogen-bond acceptors (Lipinski definition) is 2. The molecular formula is C13H22O2Si. The lowest BCUT2D eigenvalue weighted by Gasteiger charge is -2.40. The molecule has 0 radical (unpaired) electrons. The Morgan fingerprint density at radius 1 is 1.19 bits per heavy atom. The molecule has 2 rings (SSSR count). The van der Waals surface area contributed by atoms with Crippen molar-refractivity contribution in [2.75, 3.05) is 0 Å². The lowest BCUT2D eigenvalue weighted by Crippen LogP contribution is -2.44. The average molecular weight is 238 g/mol. The van der Waals surface area contributed by atoms with Gasteiger partial charge in [0.2, 0.25) is 0 Å². The first-order chi connectivity index (χ1) is 7.43. The Bertz CT molecular complexity index is 319. The van der Waals surface area contributed by atoms with Crippen molar-refractivity contribution < 1.29 is 9.53 Å². The first-order valence-corrected chi connectivity index (χ1v) is 9.87. The van der Waals surface area contributed by atoms with Gasteiger partial charge in [-0.3, -0.25) is 0 Å². The maximum absolute atomic E-state index is 12.1. The number of hydrogen-bond donors (Lipinski definition) is 0. The predicted molar refractivity (Wildman–Crippen MR) is 68.0 cm³/mol. The molecule has 1 saturated carbocycles. The molecule has 0 aromatic rings. The summed E-state index contributed by atoms with van der Waals surface area (Å²) in [4.78, 5) is 12.1. The van der Waals surface area contributed by atoms with Crippen LogP contribution in [0.15, 0.2) is 11.3 Å². The number of rotatable bonds is 1. The Kier molecular flexibility index (Phi) is 2.99. The molecule has 1 spiro atoms. The zero-order chi connectivity index (χ0) is 11.8. The lowest BCUT2D eigenvalue weighted by molar-refractivity contribution is -0.159. The molecule has 16 heavy (non-hydrogen) atoms. The van der Waals surface area contributed by atoms with E-state index in [-0.39, 0.29) is 11.6 Å². The molecular weight excluding hydrogens is 216 g/mol. The maximum Gasteiger partial charge on any atom is 0.330 e. The van der Waals surface area contributed by atoms with Gasteiger partial charge in [0.1, 0.15) is 5.60 Å². The molecule has 0 unspecified atom stereocenters. The highest BCUT2D eigenvalue weighted by atomic mass is 28.3. The van der Waals surface area contributed by atoms with Gasteiger partial charge in [0.25, 0.3) is 0 Å². The lowest BCUT2D eigenvalue weighted by atomic mass is 9.81. The first kappa shape index (κ1) is 11.9. The summed E-state index contributed by atoms with van der Waals surface area (Å²) in [5.41, 5.74) is -0.127. The third-order valence-corrected chi connectivity index (χ3v) is 5.80. The minimum absolute atomic E-state index is 0.0210. The van der Waals surface area contributed by atoms with Gasteiger partial charge in [-0.1, -0.05) is 32.1 Å². The maximum atomic E-state index is 12.1. The standard InChI is InChI=1S/C13H22O2Si/c1-16(2,3)11-7-10-13(15-12(11)14)8-5-4-6-9-13/h7H,4-6,8-10H2,1-3H3. The van der Waals surface area contributed by atoms with Crippen LogP contribution in [0.3, 0.4) is 0 Å². The highest BCUT2D eigenvalue weighted by molar-refractivity contribution is 6.87. The van der Waals surface area contributed by atoms with Gasteiger partial charge in [0.15, 0.2) is 0 Å². The van der Waals surface area contributed by atoms with Crippen molar-refractivity contribution in [3.05, 3.63) is 11.3 Å². The van der Waals surface area contributed by atoms with E-state index in [2.05, 4.69) is 25.7 Å². The minimum Gasteiger partial charge on any atom is -0.456 e. The van der Waals surface area contributed by atoms with E-state index in [1.54, 1.807) is 0 Å². The summed E-state index contributed by atoms with van der Waals surface area (Å²) < 4.78 is 5.78. The number of carbonyl (C=O) groups excluding carboxylic acids is 1. The molecule has 1 fully saturated rings. The van der Waals surface area contributed by atoms with Crippen molar-refractivity contribution in [3.63, 3.8) is 0 Å². The number of carbonyl (C=O) groups is 1. The normalized spacial score (nSPS) is 25.2.